The highest BCUT2D eigenvalue weighted by atomic mass is 16.4. The number of furan rings is 1. The quantitative estimate of drug-likeness (QED) is 0.575. The second-order valence-corrected chi connectivity index (χ2v) is 6.13. The SMILES string of the molecule is CCN(CC)c1ccc(-c2oc3cc4occc4cc3c(=O)c2O)cc1. The van der Waals surface area contributed by atoms with E-state index >= 15 is 0 Å². The average molecular weight is 349 g/mol. The topological polar surface area (TPSA) is 66.8 Å². The Hall–Kier alpha value is -3.21. The number of hydrogen-bond acceptors (Lipinski definition) is 5. The predicted molar refractivity (Wildman–Crippen MR) is 103 cm³/mol. The van der Waals surface area contributed by atoms with Gasteiger partial charge in [0.25, 0.3) is 0 Å². The molecular weight excluding hydrogens is 330 g/mol. The second-order valence-electron chi connectivity index (χ2n) is 6.13. The van der Waals surface area contributed by atoms with Crippen molar-refractivity contribution in [1.29, 1.82) is 0 Å². The molecule has 0 amide bonds. The molecule has 0 saturated heterocycles. The molecule has 4 rings (SSSR count). The van der Waals surface area contributed by atoms with Gasteiger partial charge in [-0.25, -0.2) is 0 Å². The minimum Gasteiger partial charge on any atom is -0.502 e. The Labute approximate surface area is 150 Å². The largest absolute Gasteiger partial charge is 0.502 e. The van der Waals surface area contributed by atoms with Crippen LogP contribution in [0.5, 0.6) is 5.75 Å². The van der Waals surface area contributed by atoms with E-state index in [1.807, 2.05) is 24.3 Å². The Morgan fingerprint density at radius 2 is 1.73 bits per heavy atom. The summed E-state index contributed by atoms with van der Waals surface area (Å²) in [7, 11) is 0. The average Bonchev–Trinajstić information content (AvgIpc) is 3.12. The number of aromatic hydroxyl groups is 1. The number of anilines is 1. The van der Waals surface area contributed by atoms with E-state index in [1.54, 1.807) is 24.5 Å². The summed E-state index contributed by atoms with van der Waals surface area (Å²) < 4.78 is 11.2. The summed E-state index contributed by atoms with van der Waals surface area (Å²) in [6.45, 7) is 6.01. The van der Waals surface area contributed by atoms with Crippen LogP contribution in [0.3, 0.4) is 0 Å². The molecular formula is C21H19NO4. The Morgan fingerprint density at radius 3 is 2.42 bits per heavy atom. The molecule has 2 aromatic heterocycles. The molecule has 0 aliphatic rings. The molecule has 0 aliphatic heterocycles. The van der Waals surface area contributed by atoms with E-state index in [0.29, 0.717) is 22.1 Å². The number of benzene rings is 2. The molecule has 2 heterocycles. The number of rotatable bonds is 4. The second kappa shape index (κ2) is 6.26. The van der Waals surface area contributed by atoms with Crippen LogP contribution in [0.25, 0.3) is 33.3 Å². The van der Waals surface area contributed by atoms with Crippen LogP contribution in [0.2, 0.25) is 0 Å². The van der Waals surface area contributed by atoms with Gasteiger partial charge in [0.15, 0.2) is 5.76 Å². The monoisotopic (exact) mass is 349 g/mol. The predicted octanol–water partition coefficient (Wildman–Crippen LogP) is 4.76. The van der Waals surface area contributed by atoms with Crippen LogP contribution in [-0.2, 0) is 0 Å². The van der Waals surface area contributed by atoms with Crippen molar-refractivity contribution in [1.82, 2.24) is 0 Å². The first-order valence-corrected chi connectivity index (χ1v) is 8.64. The summed E-state index contributed by atoms with van der Waals surface area (Å²) >= 11 is 0. The molecule has 0 atom stereocenters. The Kier molecular flexibility index (Phi) is 3.92. The van der Waals surface area contributed by atoms with Crippen molar-refractivity contribution in [2.45, 2.75) is 13.8 Å². The van der Waals surface area contributed by atoms with Gasteiger partial charge in [-0.15, -0.1) is 0 Å². The lowest BCUT2D eigenvalue weighted by atomic mass is 10.1. The minimum atomic E-state index is -0.447. The smallest absolute Gasteiger partial charge is 0.235 e. The van der Waals surface area contributed by atoms with Gasteiger partial charge in [-0.2, -0.15) is 0 Å². The van der Waals surface area contributed by atoms with Gasteiger partial charge in [-0.3, -0.25) is 4.79 Å². The minimum absolute atomic E-state index is 0.166. The molecule has 4 aromatic rings. The maximum Gasteiger partial charge on any atom is 0.235 e. The fourth-order valence-electron chi connectivity index (χ4n) is 3.25. The molecule has 0 aliphatic carbocycles. The number of nitrogens with zero attached hydrogens (tertiary/aromatic N) is 1. The van der Waals surface area contributed by atoms with Crippen molar-refractivity contribution >= 4 is 27.6 Å². The van der Waals surface area contributed by atoms with Crippen molar-refractivity contribution in [3.63, 3.8) is 0 Å². The lowest BCUT2D eigenvalue weighted by molar-refractivity contribution is 0.449. The molecule has 0 radical (unpaired) electrons. The molecule has 132 valence electrons. The van der Waals surface area contributed by atoms with Crippen LogP contribution in [0.1, 0.15) is 13.8 Å². The maximum absolute atomic E-state index is 12.6. The maximum atomic E-state index is 12.6. The Bertz CT molecular complexity index is 1130. The molecule has 0 bridgehead atoms. The zero-order valence-corrected chi connectivity index (χ0v) is 14.7. The van der Waals surface area contributed by atoms with Gasteiger partial charge in [-0.1, -0.05) is 0 Å². The molecule has 1 N–H and O–H groups in total. The van der Waals surface area contributed by atoms with E-state index in [2.05, 4.69) is 18.7 Å². The summed E-state index contributed by atoms with van der Waals surface area (Å²) in [5.41, 5.74) is 2.31. The van der Waals surface area contributed by atoms with Gasteiger partial charge in [0, 0.05) is 35.8 Å². The summed E-state index contributed by atoms with van der Waals surface area (Å²) in [5.74, 6) is -0.213. The first kappa shape index (κ1) is 16.3. The van der Waals surface area contributed by atoms with Crippen molar-refractivity contribution in [3.05, 3.63) is 59.0 Å². The lowest BCUT2D eigenvalue weighted by Crippen LogP contribution is -2.21. The normalized spacial score (nSPS) is 11.3. The van der Waals surface area contributed by atoms with E-state index in [4.69, 9.17) is 8.83 Å². The van der Waals surface area contributed by atoms with E-state index in [9.17, 15) is 9.90 Å². The first-order chi connectivity index (χ1) is 12.6. The van der Waals surface area contributed by atoms with Gasteiger partial charge in [0.1, 0.15) is 11.2 Å². The van der Waals surface area contributed by atoms with Crippen LogP contribution in [-0.4, -0.2) is 18.2 Å². The molecule has 0 saturated carbocycles. The zero-order chi connectivity index (χ0) is 18.3. The lowest BCUT2D eigenvalue weighted by Gasteiger charge is -2.21. The molecule has 0 fully saturated rings. The van der Waals surface area contributed by atoms with Crippen molar-refractivity contribution in [2.75, 3.05) is 18.0 Å². The van der Waals surface area contributed by atoms with Gasteiger partial charge in [0.2, 0.25) is 11.2 Å². The third kappa shape index (κ3) is 2.52. The molecule has 5 heteroatoms. The van der Waals surface area contributed by atoms with Gasteiger partial charge in [-0.05, 0) is 50.2 Å². The Morgan fingerprint density at radius 1 is 1.00 bits per heavy atom. The Balaban J connectivity index is 1.87. The molecule has 2 aromatic carbocycles. The van der Waals surface area contributed by atoms with Crippen LogP contribution in [0.15, 0.2) is 62.4 Å². The van der Waals surface area contributed by atoms with Crippen molar-refractivity contribution < 1.29 is 13.9 Å². The fraction of sp³-hybridized carbons (Fsp3) is 0.190. The zero-order valence-electron chi connectivity index (χ0n) is 14.7. The molecule has 0 unspecified atom stereocenters. The van der Waals surface area contributed by atoms with Crippen LogP contribution >= 0.6 is 0 Å². The van der Waals surface area contributed by atoms with Gasteiger partial charge < -0.3 is 18.8 Å². The third-order valence-electron chi connectivity index (χ3n) is 4.70. The highest BCUT2D eigenvalue weighted by Crippen LogP contribution is 2.32. The van der Waals surface area contributed by atoms with Crippen LogP contribution in [0, 0.1) is 0 Å². The number of fused-ring (bicyclic) bond motifs is 2. The molecule has 26 heavy (non-hydrogen) atoms. The summed E-state index contributed by atoms with van der Waals surface area (Å²) in [5, 5.41) is 11.5. The van der Waals surface area contributed by atoms with Gasteiger partial charge in [0.05, 0.1) is 11.6 Å². The molecule has 0 spiro atoms. The van der Waals surface area contributed by atoms with E-state index in [1.165, 1.54) is 0 Å². The summed E-state index contributed by atoms with van der Waals surface area (Å²) in [4.78, 5) is 14.8. The summed E-state index contributed by atoms with van der Waals surface area (Å²) in [6, 6.07) is 12.7. The molecule has 5 nitrogen and oxygen atoms in total. The highest BCUT2D eigenvalue weighted by molar-refractivity contribution is 5.94. The van der Waals surface area contributed by atoms with E-state index in [-0.39, 0.29) is 11.5 Å². The fourth-order valence-corrected chi connectivity index (χ4v) is 3.25. The van der Waals surface area contributed by atoms with Crippen molar-refractivity contribution in [3.8, 4) is 17.1 Å². The third-order valence-corrected chi connectivity index (χ3v) is 4.70. The van der Waals surface area contributed by atoms with E-state index < -0.39 is 5.43 Å². The van der Waals surface area contributed by atoms with Crippen LogP contribution < -0.4 is 10.3 Å². The number of hydrogen-bond donors (Lipinski definition) is 1. The van der Waals surface area contributed by atoms with Crippen molar-refractivity contribution in [2.24, 2.45) is 0 Å². The summed E-state index contributed by atoms with van der Waals surface area (Å²) in [6.07, 6.45) is 1.56. The standard InChI is InChI=1S/C21H19NO4/c1-3-22(4-2)15-7-5-13(6-8-15)21-20(24)19(23)16-11-14-9-10-25-17(14)12-18(16)26-21/h5-12,24H,3-4H2,1-2H3. The first-order valence-electron chi connectivity index (χ1n) is 8.64. The highest BCUT2D eigenvalue weighted by Gasteiger charge is 2.17. The van der Waals surface area contributed by atoms with Crippen LogP contribution in [0.4, 0.5) is 5.69 Å². The van der Waals surface area contributed by atoms with E-state index in [0.717, 1.165) is 24.2 Å². The van der Waals surface area contributed by atoms with Gasteiger partial charge >= 0.3 is 0 Å².